The van der Waals surface area contributed by atoms with E-state index in [0.29, 0.717) is 17.1 Å². The Labute approximate surface area is 128 Å². The number of anilines is 1. The van der Waals surface area contributed by atoms with Gasteiger partial charge in [0.25, 0.3) is 0 Å². The third-order valence-corrected chi connectivity index (χ3v) is 3.25. The average molecular weight is 306 g/mol. The molecule has 0 fully saturated rings. The van der Waals surface area contributed by atoms with Crippen LogP contribution in [0.2, 0.25) is 5.02 Å². The molecule has 110 valence electrons. The molecule has 0 unspecified atom stereocenters. The van der Waals surface area contributed by atoms with Gasteiger partial charge in [0.05, 0.1) is 19.3 Å². The van der Waals surface area contributed by atoms with Gasteiger partial charge >= 0.3 is 5.97 Å². The van der Waals surface area contributed by atoms with Crippen molar-refractivity contribution in [3.05, 3.63) is 58.6 Å². The van der Waals surface area contributed by atoms with Crippen molar-refractivity contribution >= 4 is 23.3 Å². The molecule has 2 N–H and O–H groups in total. The van der Waals surface area contributed by atoms with E-state index < -0.39 is 5.97 Å². The quantitative estimate of drug-likeness (QED) is 0.680. The number of carbonyl (C=O) groups excluding carboxylic acids is 1. The van der Waals surface area contributed by atoms with Gasteiger partial charge in [-0.25, -0.2) is 4.79 Å². The fourth-order valence-corrected chi connectivity index (χ4v) is 2.01. The summed E-state index contributed by atoms with van der Waals surface area (Å²) in [7, 11) is 1.62. The summed E-state index contributed by atoms with van der Waals surface area (Å²) in [5.74, 6) is 0.325. The molecule has 4 nitrogen and oxygen atoms in total. The predicted octanol–water partition coefficient (Wildman–Crippen LogP) is 3.33. The lowest BCUT2D eigenvalue weighted by atomic mass is 10.1. The Kier molecular flexibility index (Phi) is 5.06. The van der Waals surface area contributed by atoms with E-state index in [1.54, 1.807) is 19.2 Å². The number of hydrogen-bond acceptors (Lipinski definition) is 4. The van der Waals surface area contributed by atoms with E-state index in [4.69, 9.17) is 26.8 Å². The zero-order valence-electron chi connectivity index (χ0n) is 11.6. The van der Waals surface area contributed by atoms with Crippen molar-refractivity contribution in [3.63, 3.8) is 0 Å². The second kappa shape index (κ2) is 6.99. The van der Waals surface area contributed by atoms with Gasteiger partial charge in [-0.2, -0.15) is 0 Å². The zero-order chi connectivity index (χ0) is 15.2. The highest BCUT2D eigenvalue weighted by Crippen LogP contribution is 2.19. The average Bonchev–Trinajstić information content (AvgIpc) is 2.50. The number of benzene rings is 2. The SMILES string of the molecule is COc1ccc(CCOC(=O)c2cc(Cl)ccc2N)cc1. The van der Waals surface area contributed by atoms with Crippen LogP contribution in [0.4, 0.5) is 5.69 Å². The molecular formula is C16H16ClNO3. The maximum Gasteiger partial charge on any atom is 0.340 e. The molecule has 0 bridgehead atoms. The molecule has 0 spiro atoms. The molecule has 0 saturated heterocycles. The molecule has 0 heterocycles. The lowest BCUT2D eigenvalue weighted by Crippen LogP contribution is -2.10. The van der Waals surface area contributed by atoms with E-state index in [1.165, 1.54) is 6.07 Å². The first-order valence-corrected chi connectivity index (χ1v) is 6.83. The number of nitrogen functional groups attached to an aromatic ring is 1. The molecule has 2 rings (SSSR count). The van der Waals surface area contributed by atoms with Crippen LogP contribution >= 0.6 is 11.6 Å². The molecule has 0 atom stereocenters. The number of carbonyl (C=O) groups is 1. The molecular weight excluding hydrogens is 290 g/mol. The van der Waals surface area contributed by atoms with Crippen LogP contribution in [0.1, 0.15) is 15.9 Å². The van der Waals surface area contributed by atoms with Gasteiger partial charge in [0, 0.05) is 17.1 Å². The molecule has 0 saturated carbocycles. The summed E-state index contributed by atoms with van der Waals surface area (Å²) in [6, 6.07) is 12.3. The van der Waals surface area contributed by atoms with Crippen LogP contribution in [0.5, 0.6) is 5.75 Å². The molecule has 2 aromatic carbocycles. The number of halogens is 1. The van der Waals surface area contributed by atoms with E-state index in [-0.39, 0.29) is 12.2 Å². The summed E-state index contributed by atoms with van der Waals surface area (Å²) in [6.07, 6.45) is 0.621. The Balaban J connectivity index is 1.90. The molecule has 21 heavy (non-hydrogen) atoms. The number of esters is 1. The minimum Gasteiger partial charge on any atom is -0.497 e. The van der Waals surface area contributed by atoms with Crippen LogP contribution < -0.4 is 10.5 Å². The first kappa shape index (κ1) is 15.2. The van der Waals surface area contributed by atoms with Gasteiger partial charge < -0.3 is 15.2 Å². The van der Waals surface area contributed by atoms with E-state index in [1.807, 2.05) is 24.3 Å². The topological polar surface area (TPSA) is 61.5 Å². The fraction of sp³-hybridized carbons (Fsp3) is 0.188. The van der Waals surface area contributed by atoms with Crippen molar-refractivity contribution in [2.24, 2.45) is 0 Å². The van der Waals surface area contributed by atoms with Gasteiger partial charge in [-0.15, -0.1) is 0 Å². The summed E-state index contributed by atoms with van der Waals surface area (Å²) in [4.78, 5) is 11.9. The highest BCUT2D eigenvalue weighted by Gasteiger charge is 2.11. The molecule has 0 aliphatic rings. The maximum atomic E-state index is 11.9. The smallest absolute Gasteiger partial charge is 0.340 e. The van der Waals surface area contributed by atoms with Crippen LogP contribution in [0.15, 0.2) is 42.5 Å². The van der Waals surface area contributed by atoms with Crippen LogP contribution in [0.3, 0.4) is 0 Å². The van der Waals surface area contributed by atoms with Gasteiger partial charge in [-0.05, 0) is 35.9 Å². The Morgan fingerprint density at radius 3 is 2.57 bits per heavy atom. The molecule has 0 aliphatic carbocycles. The Bertz CT molecular complexity index is 626. The van der Waals surface area contributed by atoms with Gasteiger partial charge in [-0.1, -0.05) is 23.7 Å². The highest BCUT2D eigenvalue weighted by molar-refractivity contribution is 6.31. The van der Waals surface area contributed by atoms with Crippen molar-refractivity contribution in [1.29, 1.82) is 0 Å². The summed E-state index contributed by atoms with van der Waals surface area (Å²) in [5.41, 5.74) is 7.43. The number of rotatable bonds is 5. The van der Waals surface area contributed by atoms with Crippen molar-refractivity contribution < 1.29 is 14.3 Å². The van der Waals surface area contributed by atoms with Crippen LogP contribution in [-0.2, 0) is 11.2 Å². The largest absolute Gasteiger partial charge is 0.497 e. The molecule has 5 heteroatoms. The highest BCUT2D eigenvalue weighted by atomic mass is 35.5. The van der Waals surface area contributed by atoms with Crippen LogP contribution in [0.25, 0.3) is 0 Å². The summed E-state index contributed by atoms with van der Waals surface area (Å²) < 4.78 is 10.3. The van der Waals surface area contributed by atoms with Crippen LogP contribution in [-0.4, -0.2) is 19.7 Å². The number of ether oxygens (including phenoxy) is 2. The standard InChI is InChI=1S/C16H16ClNO3/c1-20-13-5-2-11(3-6-13)8-9-21-16(19)14-10-12(17)4-7-15(14)18/h2-7,10H,8-9,18H2,1H3. The fourth-order valence-electron chi connectivity index (χ4n) is 1.84. The van der Waals surface area contributed by atoms with Gasteiger partial charge in [0.15, 0.2) is 0 Å². The number of hydrogen-bond donors (Lipinski definition) is 1. The van der Waals surface area contributed by atoms with E-state index in [0.717, 1.165) is 11.3 Å². The van der Waals surface area contributed by atoms with Crippen molar-refractivity contribution in [3.8, 4) is 5.75 Å². The van der Waals surface area contributed by atoms with Crippen molar-refractivity contribution in [1.82, 2.24) is 0 Å². The third-order valence-electron chi connectivity index (χ3n) is 3.02. The Morgan fingerprint density at radius 2 is 1.90 bits per heavy atom. The monoisotopic (exact) mass is 305 g/mol. The Hall–Kier alpha value is -2.20. The summed E-state index contributed by atoms with van der Waals surface area (Å²) >= 11 is 5.84. The minimum atomic E-state index is -0.469. The summed E-state index contributed by atoms with van der Waals surface area (Å²) in [5, 5.41) is 0.450. The van der Waals surface area contributed by atoms with E-state index in [2.05, 4.69) is 0 Å². The molecule has 0 aliphatic heterocycles. The molecule has 0 amide bonds. The number of methoxy groups -OCH3 is 1. The summed E-state index contributed by atoms with van der Waals surface area (Å²) in [6.45, 7) is 0.275. The lowest BCUT2D eigenvalue weighted by molar-refractivity contribution is 0.0510. The zero-order valence-corrected chi connectivity index (χ0v) is 12.4. The Morgan fingerprint density at radius 1 is 1.19 bits per heavy atom. The minimum absolute atomic E-state index is 0.275. The molecule has 2 aromatic rings. The maximum absolute atomic E-state index is 11.9. The van der Waals surface area contributed by atoms with Crippen molar-refractivity contribution in [2.45, 2.75) is 6.42 Å². The van der Waals surface area contributed by atoms with Gasteiger partial charge in [0.1, 0.15) is 5.75 Å². The van der Waals surface area contributed by atoms with E-state index >= 15 is 0 Å². The lowest BCUT2D eigenvalue weighted by Gasteiger charge is -2.08. The third kappa shape index (κ3) is 4.13. The number of nitrogens with two attached hydrogens (primary N) is 1. The van der Waals surface area contributed by atoms with Gasteiger partial charge in [0.2, 0.25) is 0 Å². The first-order chi connectivity index (χ1) is 10.1. The normalized spacial score (nSPS) is 10.2. The van der Waals surface area contributed by atoms with Crippen LogP contribution in [0, 0.1) is 0 Å². The predicted molar refractivity (Wildman–Crippen MR) is 82.8 cm³/mol. The molecule has 0 radical (unpaired) electrons. The first-order valence-electron chi connectivity index (χ1n) is 6.45. The van der Waals surface area contributed by atoms with Crippen molar-refractivity contribution in [2.75, 3.05) is 19.5 Å². The van der Waals surface area contributed by atoms with Gasteiger partial charge in [-0.3, -0.25) is 0 Å². The second-order valence-electron chi connectivity index (χ2n) is 4.47. The second-order valence-corrected chi connectivity index (χ2v) is 4.90. The van der Waals surface area contributed by atoms with E-state index in [9.17, 15) is 4.79 Å². The molecule has 0 aromatic heterocycles.